The molecule has 0 unspecified atom stereocenters. The Bertz CT molecular complexity index is 1260. The van der Waals surface area contributed by atoms with E-state index in [4.69, 9.17) is 4.74 Å². The summed E-state index contributed by atoms with van der Waals surface area (Å²) in [6.45, 7) is 1.64. The van der Waals surface area contributed by atoms with Gasteiger partial charge in [0.2, 0.25) is 5.91 Å². The molecule has 0 saturated carbocycles. The van der Waals surface area contributed by atoms with Gasteiger partial charge in [-0.25, -0.2) is 17.9 Å². The molecule has 8 nitrogen and oxygen atoms in total. The van der Waals surface area contributed by atoms with Gasteiger partial charge >= 0.3 is 6.03 Å². The number of amides is 3. The first-order valence-corrected chi connectivity index (χ1v) is 12.0. The molecule has 0 bridgehead atoms. The molecule has 34 heavy (non-hydrogen) atoms. The highest BCUT2D eigenvalue weighted by atomic mass is 32.2. The molecule has 0 heterocycles. The van der Waals surface area contributed by atoms with Crippen molar-refractivity contribution in [2.75, 3.05) is 19.1 Å². The van der Waals surface area contributed by atoms with Crippen LogP contribution in [-0.2, 0) is 21.2 Å². The highest BCUT2D eigenvalue weighted by molar-refractivity contribution is 7.90. The van der Waals surface area contributed by atoms with Crippen molar-refractivity contribution < 1.29 is 22.7 Å². The predicted octanol–water partition coefficient (Wildman–Crippen LogP) is 3.27. The number of nitrogens with zero attached hydrogens (tertiary/aromatic N) is 1. The summed E-state index contributed by atoms with van der Waals surface area (Å²) < 4.78 is 32.8. The van der Waals surface area contributed by atoms with Crippen LogP contribution in [0.15, 0.2) is 83.8 Å². The molecule has 2 N–H and O–H groups in total. The molecule has 178 valence electrons. The minimum Gasteiger partial charge on any atom is -0.495 e. The minimum absolute atomic E-state index is 0.0118. The standard InChI is InChI=1S/C25H27N3O5S/c1-18-11-7-10-16-23(18)34(31,32)27-25(30)26-20(17-19-12-5-4-6-13-19)24(29)28(2)21-14-8-9-15-22(21)33-3/h4-16,20H,17H2,1-3H3,(H2,26,27,30)/t20-/m0/s1. The Morgan fingerprint density at radius 3 is 2.24 bits per heavy atom. The van der Waals surface area contributed by atoms with Crippen molar-refractivity contribution in [3.8, 4) is 5.75 Å². The monoisotopic (exact) mass is 481 g/mol. The van der Waals surface area contributed by atoms with Gasteiger partial charge in [0.25, 0.3) is 10.0 Å². The van der Waals surface area contributed by atoms with Crippen molar-refractivity contribution in [1.29, 1.82) is 0 Å². The van der Waals surface area contributed by atoms with Gasteiger partial charge in [0, 0.05) is 13.5 Å². The Morgan fingerprint density at radius 1 is 0.941 bits per heavy atom. The number of rotatable bonds is 8. The van der Waals surface area contributed by atoms with E-state index in [9.17, 15) is 18.0 Å². The zero-order valence-electron chi connectivity index (χ0n) is 19.2. The fourth-order valence-corrected chi connectivity index (χ4v) is 4.69. The molecule has 0 aromatic heterocycles. The van der Waals surface area contributed by atoms with Crippen LogP contribution in [0.25, 0.3) is 0 Å². The first kappa shape index (κ1) is 24.8. The van der Waals surface area contributed by atoms with Crippen molar-refractivity contribution in [1.82, 2.24) is 10.0 Å². The lowest BCUT2D eigenvalue weighted by atomic mass is 10.0. The maximum atomic E-state index is 13.4. The van der Waals surface area contributed by atoms with Gasteiger partial charge in [0.1, 0.15) is 11.8 Å². The van der Waals surface area contributed by atoms with Gasteiger partial charge in [-0.3, -0.25) is 4.79 Å². The van der Waals surface area contributed by atoms with Gasteiger partial charge in [-0.2, -0.15) is 0 Å². The van der Waals surface area contributed by atoms with Gasteiger partial charge in [-0.1, -0.05) is 60.7 Å². The van der Waals surface area contributed by atoms with Crippen molar-refractivity contribution in [2.45, 2.75) is 24.3 Å². The minimum atomic E-state index is -4.12. The van der Waals surface area contributed by atoms with Crippen molar-refractivity contribution in [3.63, 3.8) is 0 Å². The summed E-state index contributed by atoms with van der Waals surface area (Å²) in [5, 5.41) is 2.54. The third-order valence-electron chi connectivity index (χ3n) is 5.27. The van der Waals surface area contributed by atoms with E-state index in [0.717, 1.165) is 5.56 Å². The normalized spacial score (nSPS) is 11.9. The predicted molar refractivity (Wildman–Crippen MR) is 130 cm³/mol. The largest absolute Gasteiger partial charge is 0.495 e. The highest BCUT2D eigenvalue weighted by Crippen LogP contribution is 2.27. The number of carbonyl (C=O) groups excluding carboxylic acids is 2. The second kappa shape index (κ2) is 10.8. The fourth-order valence-electron chi connectivity index (χ4n) is 3.53. The number of methoxy groups -OCH3 is 1. The maximum Gasteiger partial charge on any atom is 0.329 e. The number of sulfonamides is 1. The smallest absolute Gasteiger partial charge is 0.329 e. The van der Waals surface area contributed by atoms with Crippen LogP contribution in [0.4, 0.5) is 10.5 Å². The molecule has 3 aromatic rings. The third-order valence-corrected chi connectivity index (χ3v) is 6.76. The van der Waals surface area contributed by atoms with Gasteiger partial charge in [-0.05, 0) is 36.2 Å². The van der Waals surface area contributed by atoms with Crippen LogP contribution >= 0.6 is 0 Å². The van der Waals surface area contributed by atoms with E-state index in [0.29, 0.717) is 17.0 Å². The van der Waals surface area contributed by atoms with E-state index in [-0.39, 0.29) is 11.3 Å². The van der Waals surface area contributed by atoms with Gasteiger partial charge in [0.15, 0.2) is 0 Å². The SMILES string of the molecule is COc1ccccc1N(C)C(=O)[C@H](Cc1ccccc1)NC(=O)NS(=O)(=O)c1ccccc1C. The molecular weight excluding hydrogens is 454 g/mol. The zero-order valence-corrected chi connectivity index (χ0v) is 20.0. The third kappa shape index (κ3) is 5.93. The summed E-state index contributed by atoms with van der Waals surface area (Å²) in [5.74, 6) is 0.0557. The number of hydrogen-bond donors (Lipinski definition) is 2. The Kier molecular flexibility index (Phi) is 7.91. The number of nitrogens with one attached hydrogen (secondary N) is 2. The van der Waals surface area contributed by atoms with Crippen LogP contribution in [0.3, 0.4) is 0 Å². The van der Waals surface area contributed by atoms with E-state index in [1.54, 1.807) is 56.4 Å². The van der Waals surface area contributed by atoms with Crippen molar-refractivity contribution in [3.05, 3.63) is 90.0 Å². The van der Waals surface area contributed by atoms with Crippen LogP contribution < -0.4 is 19.7 Å². The topological polar surface area (TPSA) is 105 Å². The molecule has 0 fully saturated rings. The number of para-hydroxylation sites is 2. The van der Waals surface area contributed by atoms with Crippen LogP contribution in [0, 0.1) is 6.92 Å². The molecule has 3 rings (SSSR count). The quantitative estimate of drug-likeness (QED) is 0.514. The lowest BCUT2D eigenvalue weighted by Gasteiger charge is -2.26. The first-order chi connectivity index (χ1) is 16.2. The average Bonchev–Trinajstić information content (AvgIpc) is 2.83. The van der Waals surface area contributed by atoms with Gasteiger partial charge < -0.3 is 15.0 Å². The van der Waals surface area contributed by atoms with Gasteiger partial charge in [0.05, 0.1) is 17.7 Å². The molecule has 0 spiro atoms. The summed E-state index contributed by atoms with van der Waals surface area (Å²) in [6.07, 6.45) is 0.164. The summed E-state index contributed by atoms with van der Waals surface area (Å²) in [6, 6.07) is 20.4. The Labute approximate surface area is 199 Å². The Balaban J connectivity index is 1.85. The molecule has 0 aliphatic carbocycles. The Morgan fingerprint density at radius 2 is 1.56 bits per heavy atom. The van der Waals surface area contributed by atoms with E-state index in [1.165, 1.54) is 18.1 Å². The lowest BCUT2D eigenvalue weighted by Crippen LogP contribution is -2.52. The lowest BCUT2D eigenvalue weighted by molar-refractivity contribution is -0.120. The molecule has 3 amide bonds. The van der Waals surface area contributed by atoms with E-state index >= 15 is 0 Å². The summed E-state index contributed by atoms with van der Waals surface area (Å²) in [7, 11) is -1.05. The molecule has 3 aromatic carbocycles. The second-order valence-corrected chi connectivity index (χ2v) is 9.31. The number of carbonyl (C=O) groups is 2. The molecular formula is C25H27N3O5S. The fraction of sp³-hybridized carbons (Fsp3) is 0.200. The van der Waals surface area contributed by atoms with Crippen LogP contribution in [0.2, 0.25) is 0 Å². The molecule has 1 atom stereocenters. The van der Waals surface area contributed by atoms with E-state index in [1.807, 2.05) is 35.1 Å². The van der Waals surface area contributed by atoms with Crippen molar-refractivity contribution in [2.24, 2.45) is 0 Å². The van der Waals surface area contributed by atoms with E-state index in [2.05, 4.69) is 5.32 Å². The van der Waals surface area contributed by atoms with Gasteiger partial charge in [-0.15, -0.1) is 0 Å². The van der Waals surface area contributed by atoms with Crippen molar-refractivity contribution >= 4 is 27.6 Å². The highest BCUT2D eigenvalue weighted by Gasteiger charge is 2.28. The molecule has 9 heteroatoms. The Hall–Kier alpha value is -3.85. The summed E-state index contributed by atoms with van der Waals surface area (Å²) >= 11 is 0. The number of urea groups is 1. The number of aryl methyl sites for hydroxylation is 1. The zero-order chi connectivity index (χ0) is 24.7. The number of ether oxygens (including phenoxy) is 1. The maximum absolute atomic E-state index is 13.4. The summed E-state index contributed by atoms with van der Waals surface area (Å²) in [4.78, 5) is 27.5. The number of anilines is 1. The number of benzene rings is 3. The van der Waals surface area contributed by atoms with Crippen LogP contribution in [0.5, 0.6) is 5.75 Å². The second-order valence-electron chi connectivity index (χ2n) is 7.66. The molecule has 0 saturated heterocycles. The number of hydrogen-bond acceptors (Lipinski definition) is 5. The number of likely N-dealkylation sites (N-methyl/N-ethyl adjacent to an activating group) is 1. The average molecular weight is 482 g/mol. The molecule has 0 aliphatic heterocycles. The molecule has 0 radical (unpaired) electrons. The summed E-state index contributed by atoms with van der Waals surface area (Å²) in [5.41, 5.74) is 1.81. The van der Waals surface area contributed by atoms with Crippen LogP contribution in [0.1, 0.15) is 11.1 Å². The van der Waals surface area contributed by atoms with E-state index < -0.39 is 28.0 Å². The molecule has 0 aliphatic rings. The van der Waals surface area contributed by atoms with Crippen LogP contribution in [-0.4, -0.2) is 40.6 Å². The first-order valence-electron chi connectivity index (χ1n) is 10.6.